The zero-order valence-electron chi connectivity index (χ0n) is 6.02. The van der Waals surface area contributed by atoms with Gasteiger partial charge in [0.25, 0.3) is 0 Å². The van der Waals surface area contributed by atoms with Crippen molar-refractivity contribution in [1.29, 1.82) is 0 Å². The highest BCUT2D eigenvalue weighted by atomic mass is 35.5. The van der Waals surface area contributed by atoms with Crippen LogP contribution >= 0.6 is 12.4 Å². The van der Waals surface area contributed by atoms with Gasteiger partial charge in [0.2, 0.25) is 0 Å². The summed E-state index contributed by atoms with van der Waals surface area (Å²) < 4.78 is 0. The largest absolute Gasteiger partial charge is 0.382 e. The van der Waals surface area contributed by atoms with Crippen molar-refractivity contribution >= 4 is 18.2 Å². The topological polar surface area (TPSA) is 29.1 Å². The van der Waals surface area contributed by atoms with Crippen molar-refractivity contribution in [3.8, 4) is 0 Å². The van der Waals surface area contributed by atoms with Crippen molar-refractivity contribution in [2.75, 3.05) is 6.54 Å². The molecule has 1 rings (SSSR count). The van der Waals surface area contributed by atoms with Crippen LogP contribution in [-0.4, -0.2) is 12.3 Å². The van der Waals surface area contributed by atoms with Gasteiger partial charge in [-0.1, -0.05) is 6.08 Å². The number of rotatable bonds is 1. The molecule has 0 saturated carbocycles. The molecule has 1 N–H and O–H groups in total. The molecular formula is C7H12ClNO. The van der Waals surface area contributed by atoms with Gasteiger partial charge in [0.1, 0.15) is 0 Å². The lowest BCUT2D eigenvalue weighted by Crippen LogP contribution is -2.22. The molecule has 10 heavy (non-hydrogen) atoms. The van der Waals surface area contributed by atoms with Gasteiger partial charge in [-0.15, -0.1) is 12.4 Å². The summed E-state index contributed by atoms with van der Waals surface area (Å²) in [5, 5.41) is 3.03. The van der Waals surface area contributed by atoms with Crippen LogP contribution in [0.25, 0.3) is 0 Å². The summed E-state index contributed by atoms with van der Waals surface area (Å²) in [6.07, 6.45) is 4.16. The second-order valence-corrected chi connectivity index (χ2v) is 2.24. The second kappa shape index (κ2) is 4.34. The van der Waals surface area contributed by atoms with Gasteiger partial charge in [-0.3, -0.25) is 4.79 Å². The van der Waals surface area contributed by atoms with E-state index < -0.39 is 0 Å². The fraction of sp³-hybridized carbons (Fsp3) is 0.571. The molecule has 0 aromatic heterocycles. The Morgan fingerprint density at radius 2 is 2.40 bits per heavy atom. The summed E-state index contributed by atoms with van der Waals surface area (Å²) in [5.74, 6) is 0.148. The quantitative estimate of drug-likeness (QED) is 0.628. The third-order valence-corrected chi connectivity index (χ3v) is 1.42. The number of Topliss-reactive ketones (excluding diaryl/α,β-unsaturated/α-hetero) is 1. The molecule has 58 valence electrons. The zero-order chi connectivity index (χ0) is 6.69. The first-order valence-corrected chi connectivity index (χ1v) is 3.25. The van der Waals surface area contributed by atoms with Crippen LogP contribution in [-0.2, 0) is 4.79 Å². The summed E-state index contributed by atoms with van der Waals surface area (Å²) in [6, 6.07) is 0. The predicted molar refractivity (Wildman–Crippen MR) is 43.2 cm³/mol. The predicted octanol–water partition coefficient (Wildman–Crippen LogP) is 1.26. The van der Waals surface area contributed by atoms with Gasteiger partial charge < -0.3 is 5.32 Å². The molecule has 0 unspecified atom stereocenters. The SMILES string of the molecule is CC(=O)C1=CCCCN1.Cl. The molecule has 0 saturated heterocycles. The van der Waals surface area contributed by atoms with E-state index in [0.717, 1.165) is 25.1 Å². The molecule has 0 aromatic rings. The Labute approximate surface area is 67.1 Å². The van der Waals surface area contributed by atoms with Crippen LogP contribution in [0.1, 0.15) is 19.8 Å². The van der Waals surface area contributed by atoms with E-state index >= 15 is 0 Å². The van der Waals surface area contributed by atoms with E-state index in [1.165, 1.54) is 0 Å². The first-order valence-electron chi connectivity index (χ1n) is 3.25. The van der Waals surface area contributed by atoms with E-state index in [2.05, 4.69) is 5.32 Å². The molecule has 1 aliphatic heterocycles. The van der Waals surface area contributed by atoms with Crippen molar-refractivity contribution in [2.24, 2.45) is 0 Å². The fourth-order valence-electron chi connectivity index (χ4n) is 0.912. The molecule has 0 bridgehead atoms. The molecule has 2 nitrogen and oxygen atoms in total. The standard InChI is InChI=1S/C7H11NO.ClH/c1-6(9)7-4-2-3-5-8-7;/h4,8H,2-3,5H2,1H3;1H. The van der Waals surface area contributed by atoms with Crippen LogP contribution in [0.2, 0.25) is 0 Å². The van der Waals surface area contributed by atoms with Crippen molar-refractivity contribution in [2.45, 2.75) is 19.8 Å². The Kier molecular flexibility index (Phi) is 4.12. The number of ketones is 1. The molecule has 0 fully saturated rings. The molecule has 0 aromatic carbocycles. The summed E-state index contributed by atoms with van der Waals surface area (Å²) in [4.78, 5) is 10.7. The van der Waals surface area contributed by atoms with Crippen molar-refractivity contribution in [1.82, 2.24) is 5.32 Å². The zero-order valence-corrected chi connectivity index (χ0v) is 6.83. The van der Waals surface area contributed by atoms with Crippen LogP contribution in [0.5, 0.6) is 0 Å². The highest BCUT2D eigenvalue weighted by molar-refractivity contribution is 5.92. The highest BCUT2D eigenvalue weighted by Gasteiger charge is 2.04. The Morgan fingerprint density at radius 3 is 2.70 bits per heavy atom. The van der Waals surface area contributed by atoms with Gasteiger partial charge in [-0.25, -0.2) is 0 Å². The molecule has 0 amide bonds. The lowest BCUT2D eigenvalue weighted by molar-refractivity contribution is -0.114. The molecule has 1 aliphatic rings. The van der Waals surface area contributed by atoms with Gasteiger partial charge in [0.05, 0.1) is 5.70 Å². The number of halogens is 1. The van der Waals surface area contributed by atoms with Crippen LogP contribution in [0, 0.1) is 0 Å². The van der Waals surface area contributed by atoms with E-state index in [4.69, 9.17) is 0 Å². The molecular weight excluding hydrogens is 150 g/mol. The lowest BCUT2D eigenvalue weighted by Gasteiger charge is -2.11. The molecule has 0 atom stereocenters. The molecule has 3 heteroatoms. The normalized spacial score (nSPS) is 16.3. The summed E-state index contributed by atoms with van der Waals surface area (Å²) in [5.41, 5.74) is 0.793. The number of allylic oxidation sites excluding steroid dienone is 2. The summed E-state index contributed by atoms with van der Waals surface area (Å²) in [7, 11) is 0. The van der Waals surface area contributed by atoms with Gasteiger partial charge in [-0.05, 0) is 12.8 Å². The third kappa shape index (κ3) is 2.40. The maximum Gasteiger partial charge on any atom is 0.175 e. The molecule has 0 radical (unpaired) electrons. The smallest absolute Gasteiger partial charge is 0.175 e. The molecule has 0 aliphatic carbocycles. The van der Waals surface area contributed by atoms with Gasteiger partial charge in [0.15, 0.2) is 5.78 Å². The van der Waals surface area contributed by atoms with Crippen LogP contribution < -0.4 is 5.32 Å². The summed E-state index contributed by atoms with van der Waals surface area (Å²) >= 11 is 0. The van der Waals surface area contributed by atoms with Gasteiger partial charge in [-0.2, -0.15) is 0 Å². The first kappa shape index (κ1) is 9.50. The van der Waals surface area contributed by atoms with E-state index in [1.54, 1.807) is 6.92 Å². The fourth-order valence-corrected chi connectivity index (χ4v) is 0.912. The lowest BCUT2D eigenvalue weighted by atomic mass is 10.1. The minimum Gasteiger partial charge on any atom is -0.382 e. The number of nitrogens with one attached hydrogen (secondary N) is 1. The van der Waals surface area contributed by atoms with Crippen LogP contribution in [0.3, 0.4) is 0 Å². The van der Waals surface area contributed by atoms with Gasteiger partial charge >= 0.3 is 0 Å². The number of hydrogen-bond donors (Lipinski definition) is 1. The third-order valence-electron chi connectivity index (χ3n) is 1.42. The summed E-state index contributed by atoms with van der Waals surface area (Å²) in [6.45, 7) is 2.54. The number of carbonyl (C=O) groups excluding carboxylic acids is 1. The van der Waals surface area contributed by atoms with Crippen molar-refractivity contribution < 1.29 is 4.79 Å². The minimum atomic E-state index is 0. The Balaban J connectivity index is 0.000000810. The van der Waals surface area contributed by atoms with Crippen LogP contribution in [0.4, 0.5) is 0 Å². The Morgan fingerprint density at radius 1 is 1.70 bits per heavy atom. The monoisotopic (exact) mass is 161 g/mol. The number of carbonyl (C=O) groups is 1. The van der Waals surface area contributed by atoms with Crippen LogP contribution in [0.15, 0.2) is 11.8 Å². The maximum atomic E-state index is 10.7. The molecule has 0 spiro atoms. The van der Waals surface area contributed by atoms with Gasteiger partial charge in [0, 0.05) is 13.5 Å². The van der Waals surface area contributed by atoms with Crippen molar-refractivity contribution in [3.63, 3.8) is 0 Å². The van der Waals surface area contributed by atoms with E-state index in [1.807, 2.05) is 6.08 Å². The maximum absolute atomic E-state index is 10.7. The first-order chi connectivity index (χ1) is 4.30. The Bertz CT molecular complexity index is 154. The van der Waals surface area contributed by atoms with E-state index in [-0.39, 0.29) is 18.2 Å². The van der Waals surface area contributed by atoms with E-state index in [0.29, 0.717) is 0 Å². The number of hydrogen-bond acceptors (Lipinski definition) is 2. The van der Waals surface area contributed by atoms with E-state index in [9.17, 15) is 4.79 Å². The highest BCUT2D eigenvalue weighted by Crippen LogP contribution is 2.02. The molecule has 1 heterocycles. The average molecular weight is 162 g/mol. The average Bonchev–Trinajstić information content (AvgIpc) is 1.90. The second-order valence-electron chi connectivity index (χ2n) is 2.24. The van der Waals surface area contributed by atoms with Crippen molar-refractivity contribution in [3.05, 3.63) is 11.8 Å². The minimum absolute atomic E-state index is 0. The Hall–Kier alpha value is -0.500.